The van der Waals surface area contributed by atoms with Crippen molar-refractivity contribution in [3.05, 3.63) is 65.2 Å². The van der Waals surface area contributed by atoms with E-state index < -0.39 is 10.0 Å². The maximum Gasteiger partial charge on any atom is 0.251 e. The first-order valence-electron chi connectivity index (χ1n) is 8.91. The Morgan fingerprint density at radius 3 is 2.54 bits per heavy atom. The van der Waals surface area contributed by atoms with Crippen molar-refractivity contribution in [1.82, 2.24) is 5.32 Å². The van der Waals surface area contributed by atoms with Gasteiger partial charge in [0.15, 0.2) is 0 Å². The van der Waals surface area contributed by atoms with Crippen LogP contribution in [0, 0.1) is 0 Å². The summed E-state index contributed by atoms with van der Waals surface area (Å²) in [6.45, 7) is 4.51. The van der Waals surface area contributed by atoms with Crippen LogP contribution in [0.4, 0.5) is 5.69 Å². The molecule has 1 atom stereocenters. The number of rotatable bonds is 5. The average molecular weight is 372 g/mol. The van der Waals surface area contributed by atoms with Gasteiger partial charge in [-0.2, -0.15) is 0 Å². The number of anilines is 1. The van der Waals surface area contributed by atoms with Crippen LogP contribution in [0.25, 0.3) is 0 Å². The van der Waals surface area contributed by atoms with E-state index >= 15 is 0 Å². The zero-order valence-electron chi connectivity index (χ0n) is 15.1. The van der Waals surface area contributed by atoms with Crippen molar-refractivity contribution in [1.29, 1.82) is 0 Å². The van der Waals surface area contributed by atoms with Crippen LogP contribution in [0.5, 0.6) is 0 Å². The lowest BCUT2D eigenvalue weighted by Gasteiger charge is -2.18. The van der Waals surface area contributed by atoms with Crippen molar-refractivity contribution >= 4 is 21.6 Å². The Bertz CT molecular complexity index is 892. The smallest absolute Gasteiger partial charge is 0.251 e. The quantitative estimate of drug-likeness (QED) is 0.876. The minimum Gasteiger partial charge on any atom is -0.346 e. The van der Waals surface area contributed by atoms with Crippen LogP contribution < -0.4 is 9.62 Å². The van der Waals surface area contributed by atoms with E-state index in [1.165, 1.54) is 9.87 Å². The van der Waals surface area contributed by atoms with Gasteiger partial charge in [0.25, 0.3) is 5.91 Å². The summed E-state index contributed by atoms with van der Waals surface area (Å²) in [5.41, 5.74) is 3.30. The number of carbonyl (C=O) groups excluding carboxylic acids is 1. The number of amides is 1. The molecule has 1 aliphatic heterocycles. The van der Waals surface area contributed by atoms with E-state index in [1.807, 2.05) is 19.1 Å². The predicted octanol–water partition coefficient (Wildman–Crippen LogP) is 3.28. The van der Waals surface area contributed by atoms with Gasteiger partial charge in [0.05, 0.1) is 17.5 Å². The molecule has 1 unspecified atom stereocenters. The molecule has 2 aromatic carbocycles. The summed E-state index contributed by atoms with van der Waals surface area (Å²) in [4.78, 5) is 12.6. The number of nitrogens with zero attached hydrogens (tertiary/aromatic N) is 1. The number of hydrogen-bond donors (Lipinski definition) is 1. The number of nitrogens with one attached hydrogen (secondary N) is 1. The Kier molecular flexibility index (Phi) is 5.32. The van der Waals surface area contributed by atoms with Crippen LogP contribution in [0.3, 0.4) is 0 Å². The Labute approximate surface area is 155 Å². The normalized spacial score (nSPS) is 17.1. The number of aryl methyl sites for hydroxylation is 1. The highest BCUT2D eigenvalue weighted by Gasteiger charge is 2.28. The molecule has 138 valence electrons. The lowest BCUT2D eigenvalue weighted by Crippen LogP contribution is -2.28. The first-order valence-corrected chi connectivity index (χ1v) is 10.5. The van der Waals surface area contributed by atoms with Gasteiger partial charge in [-0.25, -0.2) is 8.42 Å². The Morgan fingerprint density at radius 1 is 1.19 bits per heavy atom. The van der Waals surface area contributed by atoms with Crippen LogP contribution in [0.15, 0.2) is 48.5 Å². The second kappa shape index (κ2) is 7.50. The predicted molar refractivity (Wildman–Crippen MR) is 104 cm³/mol. The van der Waals surface area contributed by atoms with Crippen LogP contribution in [-0.2, 0) is 16.4 Å². The molecule has 0 saturated carbocycles. The molecular weight excluding hydrogens is 348 g/mol. The van der Waals surface area contributed by atoms with E-state index in [4.69, 9.17) is 0 Å². The van der Waals surface area contributed by atoms with Gasteiger partial charge in [-0.15, -0.1) is 0 Å². The second-order valence-corrected chi connectivity index (χ2v) is 8.60. The van der Waals surface area contributed by atoms with E-state index in [1.54, 1.807) is 24.3 Å². The molecule has 0 aliphatic carbocycles. The fraction of sp³-hybridized carbons (Fsp3) is 0.350. The summed E-state index contributed by atoms with van der Waals surface area (Å²) in [7, 11) is -3.25. The summed E-state index contributed by atoms with van der Waals surface area (Å²) in [6.07, 6.45) is 1.59. The van der Waals surface area contributed by atoms with Gasteiger partial charge in [0.1, 0.15) is 0 Å². The molecule has 0 bridgehead atoms. The topological polar surface area (TPSA) is 66.5 Å². The Morgan fingerprint density at radius 2 is 1.92 bits per heavy atom. The SMILES string of the molecule is CCc1ccc(C(C)NC(=O)c2cccc(N3CCCS3(=O)=O)c2)cc1. The molecule has 1 saturated heterocycles. The summed E-state index contributed by atoms with van der Waals surface area (Å²) in [5, 5.41) is 2.98. The van der Waals surface area contributed by atoms with Gasteiger partial charge < -0.3 is 5.32 Å². The highest BCUT2D eigenvalue weighted by atomic mass is 32.2. The fourth-order valence-corrected chi connectivity index (χ4v) is 4.69. The zero-order chi connectivity index (χ0) is 18.7. The Hall–Kier alpha value is -2.34. The van der Waals surface area contributed by atoms with Crippen LogP contribution >= 0.6 is 0 Å². The molecule has 3 rings (SSSR count). The van der Waals surface area contributed by atoms with Crippen LogP contribution in [-0.4, -0.2) is 26.6 Å². The lowest BCUT2D eigenvalue weighted by atomic mass is 10.0. The van der Waals surface area contributed by atoms with Crippen molar-refractivity contribution in [2.24, 2.45) is 0 Å². The molecule has 5 nitrogen and oxygen atoms in total. The van der Waals surface area contributed by atoms with Crippen molar-refractivity contribution < 1.29 is 13.2 Å². The number of sulfonamides is 1. The van der Waals surface area contributed by atoms with E-state index in [0.717, 1.165) is 12.0 Å². The standard InChI is InChI=1S/C20H24N2O3S/c1-3-16-8-10-17(11-9-16)15(2)21-20(23)18-6-4-7-19(14-18)22-12-5-13-26(22,24)25/h4,6-11,14-15H,3,5,12-13H2,1-2H3,(H,21,23). The molecule has 0 aromatic heterocycles. The minimum atomic E-state index is -3.25. The summed E-state index contributed by atoms with van der Waals surface area (Å²) < 4.78 is 25.6. The molecule has 1 amide bonds. The van der Waals surface area contributed by atoms with E-state index in [9.17, 15) is 13.2 Å². The first kappa shape index (κ1) is 18.5. The van der Waals surface area contributed by atoms with Gasteiger partial charge in [-0.1, -0.05) is 37.3 Å². The maximum absolute atomic E-state index is 12.6. The lowest BCUT2D eigenvalue weighted by molar-refractivity contribution is 0.0940. The highest BCUT2D eigenvalue weighted by molar-refractivity contribution is 7.93. The molecule has 1 heterocycles. The second-order valence-electron chi connectivity index (χ2n) is 6.58. The van der Waals surface area contributed by atoms with Crippen molar-refractivity contribution in [3.63, 3.8) is 0 Å². The number of hydrogen-bond acceptors (Lipinski definition) is 3. The third-order valence-electron chi connectivity index (χ3n) is 4.73. The monoisotopic (exact) mass is 372 g/mol. The number of benzene rings is 2. The summed E-state index contributed by atoms with van der Waals surface area (Å²) in [6, 6.07) is 14.8. The summed E-state index contributed by atoms with van der Waals surface area (Å²) in [5.74, 6) is -0.0516. The number of carbonyl (C=O) groups is 1. The molecule has 1 fully saturated rings. The largest absolute Gasteiger partial charge is 0.346 e. The van der Waals surface area contributed by atoms with Gasteiger partial charge in [-0.05, 0) is 49.1 Å². The molecule has 26 heavy (non-hydrogen) atoms. The van der Waals surface area contributed by atoms with Gasteiger partial charge in [0, 0.05) is 12.1 Å². The molecular formula is C20H24N2O3S. The van der Waals surface area contributed by atoms with Gasteiger partial charge >= 0.3 is 0 Å². The van der Waals surface area contributed by atoms with Crippen molar-refractivity contribution in [3.8, 4) is 0 Å². The third kappa shape index (κ3) is 3.90. The van der Waals surface area contributed by atoms with Crippen LogP contribution in [0.1, 0.15) is 47.8 Å². The molecule has 1 aliphatic rings. The molecule has 0 spiro atoms. The van der Waals surface area contributed by atoms with E-state index in [-0.39, 0.29) is 17.7 Å². The molecule has 6 heteroatoms. The van der Waals surface area contributed by atoms with Crippen LogP contribution in [0.2, 0.25) is 0 Å². The average Bonchev–Trinajstić information content (AvgIpc) is 3.01. The van der Waals surface area contributed by atoms with Gasteiger partial charge in [0.2, 0.25) is 10.0 Å². The van der Waals surface area contributed by atoms with E-state index in [0.29, 0.717) is 24.2 Å². The summed E-state index contributed by atoms with van der Waals surface area (Å²) >= 11 is 0. The Balaban J connectivity index is 1.74. The zero-order valence-corrected chi connectivity index (χ0v) is 15.9. The third-order valence-corrected chi connectivity index (χ3v) is 6.60. The van der Waals surface area contributed by atoms with Gasteiger partial charge in [-0.3, -0.25) is 9.10 Å². The fourth-order valence-electron chi connectivity index (χ4n) is 3.14. The van der Waals surface area contributed by atoms with E-state index in [2.05, 4.69) is 24.4 Å². The minimum absolute atomic E-state index is 0.132. The maximum atomic E-state index is 12.6. The van der Waals surface area contributed by atoms with Crippen molar-refractivity contribution in [2.45, 2.75) is 32.7 Å². The molecule has 0 radical (unpaired) electrons. The highest BCUT2D eigenvalue weighted by Crippen LogP contribution is 2.25. The molecule has 2 aromatic rings. The first-order chi connectivity index (χ1) is 12.4. The van der Waals surface area contributed by atoms with Crippen molar-refractivity contribution in [2.75, 3.05) is 16.6 Å². The molecule has 1 N–H and O–H groups in total.